The lowest BCUT2D eigenvalue weighted by Crippen LogP contribution is -2.39. The van der Waals surface area contributed by atoms with Crippen LogP contribution in [-0.2, 0) is 9.47 Å². The fraction of sp³-hybridized carbons (Fsp3) is 0.500. The first kappa shape index (κ1) is 19.3. The molecule has 0 aliphatic carbocycles. The first-order valence-electron chi connectivity index (χ1n) is 10.3. The topological polar surface area (TPSA) is 30.9 Å². The van der Waals surface area contributed by atoms with Crippen LogP contribution in [0.4, 0.5) is 5.69 Å². The SMILES string of the molecule is COC(OC)C1CCN(c2ccc(C3CCOc4cc(C)ccc43)cc2)CC1. The average molecular weight is 382 g/mol. The number of aryl methyl sites for hydroxylation is 1. The number of rotatable bonds is 5. The van der Waals surface area contributed by atoms with Gasteiger partial charge in [-0.2, -0.15) is 0 Å². The number of anilines is 1. The molecule has 4 nitrogen and oxygen atoms in total. The van der Waals surface area contributed by atoms with Gasteiger partial charge in [0.05, 0.1) is 6.61 Å². The molecule has 0 N–H and O–H groups in total. The molecule has 0 bridgehead atoms. The number of fused-ring (bicyclic) bond motifs is 1. The van der Waals surface area contributed by atoms with Gasteiger partial charge in [0.2, 0.25) is 0 Å². The van der Waals surface area contributed by atoms with Crippen LogP contribution < -0.4 is 9.64 Å². The maximum absolute atomic E-state index is 5.89. The Labute approximate surface area is 168 Å². The van der Waals surface area contributed by atoms with Crippen molar-refractivity contribution in [1.29, 1.82) is 0 Å². The summed E-state index contributed by atoms with van der Waals surface area (Å²) in [7, 11) is 3.46. The number of nitrogens with zero attached hydrogens (tertiary/aromatic N) is 1. The van der Waals surface area contributed by atoms with E-state index in [1.54, 1.807) is 14.2 Å². The summed E-state index contributed by atoms with van der Waals surface area (Å²) in [5.74, 6) is 1.95. The summed E-state index contributed by atoms with van der Waals surface area (Å²) in [6, 6.07) is 15.7. The third-order valence-electron chi connectivity index (χ3n) is 6.26. The molecule has 2 aromatic rings. The van der Waals surface area contributed by atoms with Crippen LogP contribution in [0.3, 0.4) is 0 Å². The van der Waals surface area contributed by atoms with Crippen molar-refractivity contribution >= 4 is 5.69 Å². The Balaban J connectivity index is 1.44. The summed E-state index contributed by atoms with van der Waals surface area (Å²) in [5, 5.41) is 0. The monoisotopic (exact) mass is 381 g/mol. The van der Waals surface area contributed by atoms with Crippen LogP contribution in [-0.4, -0.2) is 40.2 Å². The lowest BCUT2D eigenvalue weighted by atomic mass is 9.86. The van der Waals surface area contributed by atoms with E-state index in [0.29, 0.717) is 11.8 Å². The Morgan fingerprint density at radius 3 is 2.36 bits per heavy atom. The molecule has 0 radical (unpaired) electrons. The van der Waals surface area contributed by atoms with Crippen molar-refractivity contribution in [3.8, 4) is 5.75 Å². The Hall–Kier alpha value is -2.04. The molecule has 2 aromatic carbocycles. The second-order valence-corrected chi connectivity index (χ2v) is 7.99. The Morgan fingerprint density at radius 1 is 0.964 bits per heavy atom. The standard InChI is InChI=1S/C24H31NO3/c1-17-4-9-22-21(12-15-28-23(22)16-17)18-5-7-20(8-6-18)25-13-10-19(11-14-25)24(26-2)27-3/h4-9,16,19,21,24H,10-15H2,1-3H3. The Kier molecular flexibility index (Phi) is 5.88. The third kappa shape index (κ3) is 3.89. The van der Waals surface area contributed by atoms with Crippen molar-refractivity contribution in [3.05, 3.63) is 59.2 Å². The van der Waals surface area contributed by atoms with Gasteiger partial charge in [0, 0.05) is 50.4 Å². The molecule has 2 aliphatic heterocycles. The number of ether oxygens (including phenoxy) is 3. The van der Waals surface area contributed by atoms with Gasteiger partial charge in [0.15, 0.2) is 6.29 Å². The minimum Gasteiger partial charge on any atom is -0.493 e. The van der Waals surface area contributed by atoms with E-state index in [1.807, 2.05) is 0 Å². The molecule has 1 unspecified atom stereocenters. The van der Waals surface area contributed by atoms with Crippen molar-refractivity contribution in [2.24, 2.45) is 5.92 Å². The van der Waals surface area contributed by atoms with Gasteiger partial charge >= 0.3 is 0 Å². The lowest BCUT2D eigenvalue weighted by molar-refractivity contribution is -0.141. The van der Waals surface area contributed by atoms with Crippen molar-refractivity contribution < 1.29 is 14.2 Å². The summed E-state index contributed by atoms with van der Waals surface area (Å²) in [6.07, 6.45) is 3.15. The van der Waals surface area contributed by atoms with Crippen molar-refractivity contribution in [2.75, 3.05) is 38.8 Å². The number of piperidine rings is 1. The fourth-order valence-corrected chi connectivity index (χ4v) is 4.67. The Bertz CT molecular complexity index is 777. The van der Waals surface area contributed by atoms with Crippen LogP contribution in [0.1, 0.15) is 41.9 Å². The third-order valence-corrected chi connectivity index (χ3v) is 6.26. The largest absolute Gasteiger partial charge is 0.493 e. The summed E-state index contributed by atoms with van der Waals surface area (Å²) < 4.78 is 16.8. The predicted octanol–water partition coefficient (Wildman–Crippen LogP) is 4.74. The van der Waals surface area contributed by atoms with Gasteiger partial charge in [-0.3, -0.25) is 0 Å². The molecular formula is C24H31NO3. The zero-order valence-corrected chi connectivity index (χ0v) is 17.2. The van der Waals surface area contributed by atoms with Gasteiger partial charge in [0.1, 0.15) is 5.75 Å². The highest BCUT2D eigenvalue weighted by atomic mass is 16.7. The number of methoxy groups -OCH3 is 2. The van der Waals surface area contributed by atoms with Gasteiger partial charge in [-0.25, -0.2) is 0 Å². The molecule has 28 heavy (non-hydrogen) atoms. The van der Waals surface area contributed by atoms with Gasteiger partial charge in [-0.05, 0) is 55.5 Å². The highest BCUT2D eigenvalue weighted by molar-refractivity contribution is 5.51. The fourth-order valence-electron chi connectivity index (χ4n) is 4.67. The molecule has 0 spiro atoms. The molecule has 4 rings (SSSR count). The highest BCUT2D eigenvalue weighted by Gasteiger charge is 2.27. The minimum absolute atomic E-state index is 0.0817. The van der Waals surface area contributed by atoms with E-state index in [0.717, 1.165) is 44.7 Å². The molecule has 1 atom stereocenters. The van der Waals surface area contributed by atoms with Crippen molar-refractivity contribution in [2.45, 2.75) is 38.4 Å². The first-order chi connectivity index (χ1) is 13.7. The molecule has 0 amide bonds. The highest BCUT2D eigenvalue weighted by Crippen LogP contribution is 2.39. The van der Waals surface area contributed by atoms with Crippen LogP contribution in [0.5, 0.6) is 5.75 Å². The van der Waals surface area contributed by atoms with Crippen LogP contribution in [0.25, 0.3) is 0 Å². The second-order valence-electron chi connectivity index (χ2n) is 7.99. The molecule has 2 heterocycles. The van der Waals surface area contributed by atoms with Gasteiger partial charge in [-0.15, -0.1) is 0 Å². The van der Waals surface area contributed by atoms with E-state index in [9.17, 15) is 0 Å². The van der Waals surface area contributed by atoms with Crippen LogP contribution in [0.2, 0.25) is 0 Å². The molecular weight excluding hydrogens is 350 g/mol. The van der Waals surface area contributed by atoms with E-state index >= 15 is 0 Å². The van der Waals surface area contributed by atoms with E-state index in [2.05, 4.69) is 54.3 Å². The van der Waals surface area contributed by atoms with Gasteiger partial charge in [0.25, 0.3) is 0 Å². The zero-order chi connectivity index (χ0) is 19.5. The van der Waals surface area contributed by atoms with Crippen molar-refractivity contribution in [3.63, 3.8) is 0 Å². The van der Waals surface area contributed by atoms with E-state index < -0.39 is 0 Å². The molecule has 0 aromatic heterocycles. The van der Waals surface area contributed by atoms with Crippen molar-refractivity contribution in [1.82, 2.24) is 0 Å². The maximum Gasteiger partial charge on any atom is 0.159 e. The normalized spacial score (nSPS) is 20.1. The quantitative estimate of drug-likeness (QED) is 0.700. The Morgan fingerprint density at radius 2 is 1.68 bits per heavy atom. The van der Waals surface area contributed by atoms with Gasteiger partial charge in [-0.1, -0.05) is 24.3 Å². The number of benzene rings is 2. The average Bonchev–Trinajstić information content (AvgIpc) is 2.75. The molecule has 1 fully saturated rings. The number of hydrogen-bond acceptors (Lipinski definition) is 4. The maximum atomic E-state index is 5.89. The molecule has 0 saturated carbocycles. The molecule has 150 valence electrons. The summed E-state index contributed by atoms with van der Waals surface area (Å²) in [6.45, 7) is 5.00. The molecule has 2 aliphatic rings. The summed E-state index contributed by atoms with van der Waals surface area (Å²) >= 11 is 0. The summed E-state index contributed by atoms with van der Waals surface area (Å²) in [5.41, 5.74) is 5.26. The van der Waals surface area contributed by atoms with Crippen LogP contribution in [0, 0.1) is 12.8 Å². The lowest BCUT2D eigenvalue weighted by Gasteiger charge is -2.36. The van der Waals surface area contributed by atoms with Gasteiger partial charge < -0.3 is 19.1 Å². The van der Waals surface area contributed by atoms with E-state index in [-0.39, 0.29) is 6.29 Å². The predicted molar refractivity (Wildman–Crippen MR) is 112 cm³/mol. The first-order valence-corrected chi connectivity index (χ1v) is 10.3. The second kappa shape index (κ2) is 8.54. The molecule has 4 heteroatoms. The smallest absolute Gasteiger partial charge is 0.159 e. The molecule has 1 saturated heterocycles. The zero-order valence-electron chi connectivity index (χ0n) is 17.2. The van der Waals surface area contributed by atoms with E-state index in [4.69, 9.17) is 14.2 Å². The van der Waals surface area contributed by atoms with E-state index in [1.165, 1.54) is 22.4 Å². The number of hydrogen-bond donors (Lipinski definition) is 0. The summed E-state index contributed by atoms with van der Waals surface area (Å²) in [4.78, 5) is 2.48. The van der Waals surface area contributed by atoms with Crippen LogP contribution in [0.15, 0.2) is 42.5 Å². The minimum atomic E-state index is -0.0817. The van der Waals surface area contributed by atoms with Crippen LogP contribution >= 0.6 is 0 Å².